The average Bonchev–Trinajstić information content (AvgIpc) is 2.27. The van der Waals surface area contributed by atoms with Crippen LogP contribution in [0.5, 0.6) is 5.75 Å². The lowest BCUT2D eigenvalue weighted by atomic mass is 9.93. The van der Waals surface area contributed by atoms with E-state index in [0.717, 1.165) is 12.2 Å². The maximum Gasteiger partial charge on any atom is 0.161 e. The van der Waals surface area contributed by atoms with E-state index in [2.05, 4.69) is 30.7 Å². The lowest BCUT2D eigenvalue weighted by molar-refractivity contribution is 0.226. The zero-order chi connectivity index (χ0) is 13.8. The molecular formula is C14H24N2O2. The molecule has 18 heavy (non-hydrogen) atoms. The van der Waals surface area contributed by atoms with Crippen molar-refractivity contribution in [2.45, 2.75) is 53.6 Å². The minimum Gasteiger partial charge on any atom is -0.490 e. The molecule has 0 aliphatic carbocycles. The highest BCUT2D eigenvalue weighted by Gasteiger charge is 2.13. The monoisotopic (exact) mass is 252 g/mol. The second-order valence-corrected chi connectivity index (χ2v) is 6.01. The van der Waals surface area contributed by atoms with Crippen LogP contribution in [0.3, 0.4) is 0 Å². The van der Waals surface area contributed by atoms with Gasteiger partial charge in [-0.3, -0.25) is 0 Å². The maximum atomic E-state index is 9.31. The van der Waals surface area contributed by atoms with E-state index in [9.17, 15) is 5.11 Å². The normalized spacial score (nSPS) is 11.9. The minimum absolute atomic E-state index is 0.118. The lowest BCUT2D eigenvalue weighted by Gasteiger charge is -2.18. The van der Waals surface area contributed by atoms with Crippen molar-refractivity contribution in [3.05, 3.63) is 17.7 Å². The number of nitrogens with zero attached hydrogens (tertiary/aromatic N) is 2. The summed E-state index contributed by atoms with van der Waals surface area (Å²) in [7, 11) is 0. The van der Waals surface area contributed by atoms with Crippen molar-refractivity contribution in [3.63, 3.8) is 0 Å². The number of hydrogen-bond donors (Lipinski definition) is 1. The Labute approximate surface area is 109 Å². The zero-order valence-electron chi connectivity index (χ0n) is 12.0. The van der Waals surface area contributed by atoms with Crippen molar-refractivity contribution < 1.29 is 9.84 Å². The van der Waals surface area contributed by atoms with E-state index in [4.69, 9.17) is 4.74 Å². The van der Waals surface area contributed by atoms with Gasteiger partial charge in [0.1, 0.15) is 11.5 Å². The molecule has 0 aliphatic rings. The third-order valence-electron chi connectivity index (χ3n) is 2.62. The van der Waals surface area contributed by atoms with Gasteiger partial charge in [-0.1, -0.05) is 34.6 Å². The molecule has 0 fully saturated rings. The predicted octanol–water partition coefficient (Wildman–Crippen LogP) is 2.91. The summed E-state index contributed by atoms with van der Waals surface area (Å²) in [6, 6.07) is 0. The Morgan fingerprint density at radius 1 is 1.33 bits per heavy atom. The van der Waals surface area contributed by atoms with E-state index in [1.165, 1.54) is 0 Å². The van der Waals surface area contributed by atoms with Crippen LogP contribution in [-0.4, -0.2) is 21.7 Å². The summed E-state index contributed by atoms with van der Waals surface area (Å²) in [5.74, 6) is 1.58. The maximum absolute atomic E-state index is 9.31. The number of ether oxygens (including phenoxy) is 1. The molecule has 1 aromatic heterocycles. The Morgan fingerprint density at radius 3 is 2.50 bits per heavy atom. The van der Waals surface area contributed by atoms with Gasteiger partial charge in [0.05, 0.1) is 19.4 Å². The van der Waals surface area contributed by atoms with Gasteiger partial charge in [0.2, 0.25) is 0 Å². The molecule has 1 aromatic rings. The van der Waals surface area contributed by atoms with Gasteiger partial charge in [-0.25, -0.2) is 9.97 Å². The van der Waals surface area contributed by atoms with Gasteiger partial charge in [-0.15, -0.1) is 0 Å². The molecule has 0 bridgehead atoms. The summed E-state index contributed by atoms with van der Waals surface area (Å²) in [5.41, 5.74) is 0.806. The lowest BCUT2D eigenvalue weighted by Crippen LogP contribution is -2.13. The van der Waals surface area contributed by atoms with Crippen LogP contribution in [0.15, 0.2) is 6.20 Å². The first-order valence-electron chi connectivity index (χ1n) is 6.43. The van der Waals surface area contributed by atoms with Gasteiger partial charge in [-0.05, 0) is 11.8 Å². The number of aliphatic hydroxyl groups is 1. The van der Waals surface area contributed by atoms with E-state index < -0.39 is 0 Å². The fourth-order valence-electron chi connectivity index (χ4n) is 1.40. The van der Waals surface area contributed by atoms with Gasteiger partial charge in [0, 0.05) is 5.92 Å². The highest BCUT2D eigenvalue weighted by molar-refractivity contribution is 5.24. The molecule has 4 nitrogen and oxygen atoms in total. The molecule has 0 amide bonds. The average molecular weight is 252 g/mol. The van der Waals surface area contributed by atoms with Crippen LogP contribution >= 0.6 is 0 Å². The number of rotatable bonds is 5. The van der Waals surface area contributed by atoms with E-state index in [1.54, 1.807) is 6.20 Å². The van der Waals surface area contributed by atoms with Gasteiger partial charge in [0.15, 0.2) is 5.75 Å². The van der Waals surface area contributed by atoms with E-state index >= 15 is 0 Å². The smallest absolute Gasteiger partial charge is 0.161 e. The molecule has 0 unspecified atom stereocenters. The van der Waals surface area contributed by atoms with E-state index in [1.807, 2.05) is 13.8 Å². The van der Waals surface area contributed by atoms with Crippen molar-refractivity contribution in [1.29, 1.82) is 0 Å². The summed E-state index contributed by atoms with van der Waals surface area (Å²) in [6.07, 6.45) is 2.61. The second kappa shape index (κ2) is 6.14. The Balaban J connectivity index is 2.71. The Kier molecular flexibility index (Phi) is 5.08. The first kappa shape index (κ1) is 14.9. The third-order valence-corrected chi connectivity index (χ3v) is 2.62. The van der Waals surface area contributed by atoms with Crippen LogP contribution in [0, 0.1) is 5.41 Å². The van der Waals surface area contributed by atoms with Gasteiger partial charge >= 0.3 is 0 Å². The molecule has 0 aromatic carbocycles. The Morgan fingerprint density at radius 2 is 2.00 bits per heavy atom. The molecule has 102 valence electrons. The quantitative estimate of drug-likeness (QED) is 0.875. The van der Waals surface area contributed by atoms with Crippen molar-refractivity contribution in [2.75, 3.05) is 6.61 Å². The van der Waals surface area contributed by atoms with Crippen LogP contribution in [-0.2, 0) is 6.61 Å². The fraction of sp³-hybridized carbons (Fsp3) is 0.714. The molecule has 0 atom stereocenters. The molecule has 4 heteroatoms. The van der Waals surface area contributed by atoms with Crippen LogP contribution in [0.25, 0.3) is 0 Å². The van der Waals surface area contributed by atoms with E-state index in [0.29, 0.717) is 18.1 Å². The molecule has 1 rings (SSSR count). The second-order valence-electron chi connectivity index (χ2n) is 6.01. The molecule has 0 saturated carbocycles. The molecule has 0 spiro atoms. The minimum atomic E-state index is -0.118. The van der Waals surface area contributed by atoms with Gasteiger partial charge < -0.3 is 9.84 Å². The summed E-state index contributed by atoms with van der Waals surface area (Å²) >= 11 is 0. The molecular weight excluding hydrogens is 228 g/mol. The molecule has 0 radical (unpaired) electrons. The number of aromatic nitrogens is 2. The first-order valence-corrected chi connectivity index (χ1v) is 6.43. The summed E-state index contributed by atoms with van der Waals surface area (Å²) in [4.78, 5) is 8.57. The Hall–Kier alpha value is -1.16. The summed E-state index contributed by atoms with van der Waals surface area (Å²) in [5, 5.41) is 9.31. The van der Waals surface area contributed by atoms with Gasteiger partial charge in [-0.2, -0.15) is 0 Å². The highest BCUT2D eigenvalue weighted by atomic mass is 16.5. The zero-order valence-corrected chi connectivity index (χ0v) is 12.0. The van der Waals surface area contributed by atoms with Crippen molar-refractivity contribution >= 4 is 0 Å². The standard InChI is InChI=1S/C14H24N2O2/c1-10(2)13-15-8-12(11(9-17)16-13)18-7-6-14(3,4)5/h8,10,17H,6-7,9H2,1-5H3. The van der Waals surface area contributed by atoms with Crippen molar-refractivity contribution in [1.82, 2.24) is 9.97 Å². The highest BCUT2D eigenvalue weighted by Crippen LogP contribution is 2.22. The third kappa shape index (κ3) is 4.61. The van der Waals surface area contributed by atoms with E-state index in [-0.39, 0.29) is 17.9 Å². The van der Waals surface area contributed by atoms with Crippen LogP contribution in [0.4, 0.5) is 0 Å². The number of hydrogen-bond acceptors (Lipinski definition) is 4. The van der Waals surface area contributed by atoms with Crippen LogP contribution < -0.4 is 4.74 Å². The Bertz CT molecular complexity index is 384. The largest absolute Gasteiger partial charge is 0.490 e. The summed E-state index contributed by atoms with van der Waals surface area (Å²) in [6.45, 7) is 11.0. The topological polar surface area (TPSA) is 55.2 Å². The first-order chi connectivity index (χ1) is 8.33. The summed E-state index contributed by atoms with van der Waals surface area (Å²) < 4.78 is 5.65. The molecule has 1 heterocycles. The van der Waals surface area contributed by atoms with Crippen molar-refractivity contribution in [2.24, 2.45) is 5.41 Å². The molecule has 0 saturated heterocycles. The van der Waals surface area contributed by atoms with Gasteiger partial charge in [0.25, 0.3) is 0 Å². The predicted molar refractivity (Wildman–Crippen MR) is 71.6 cm³/mol. The SMILES string of the molecule is CC(C)c1ncc(OCCC(C)(C)C)c(CO)n1. The molecule has 0 aliphatic heterocycles. The van der Waals surface area contributed by atoms with Crippen LogP contribution in [0.2, 0.25) is 0 Å². The van der Waals surface area contributed by atoms with Crippen LogP contribution in [0.1, 0.15) is 58.5 Å². The number of aliphatic hydroxyl groups excluding tert-OH is 1. The molecule has 1 N–H and O–H groups in total. The van der Waals surface area contributed by atoms with Crippen molar-refractivity contribution in [3.8, 4) is 5.75 Å². The fourth-order valence-corrected chi connectivity index (χ4v) is 1.40.